The third kappa shape index (κ3) is 5.93. The van der Waals surface area contributed by atoms with E-state index in [1.54, 1.807) is 0 Å². The summed E-state index contributed by atoms with van der Waals surface area (Å²) in [6.45, 7) is 16.2. The molecule has 1 aliphatic heterocycles. The van der Waals surface area contributed by atoms with Crippen molar-refractivity contribution in [3.63, 3.8) is 0 Å². The zero-order valence-electron chi connectivity index (χ0n) is 14.0. The molecule has 2 unspecified atom stereocenters. The molecule has 0 saturated carbocycles. The molecule has 1 heterocycles. The zero-order chi connectivity index (χ0) is 15.6. The molecule has 1 N–H and O–H groups in total. The molecular formula is C14H31NO3SSi. The topological polar surface area (TPSA) is 47.6 Å². The van der Waals surface area contributed by atoms with Gasteiger partial charge >= 0.3 is 0 Å². The number of hydrogen-bond donors (Lipinski definition) is 1. The minimum Gasteiger partial charge on any atom is -0.415 e. The van der Waals surface area contributed by atoms with E-state index in [-0.39, 0.29) is 16.9 Å². The van der Waals surface area contributed by atoms with Crippen LogP contribution in [-0.4, -0.2) is 42.6 Å². The van der Waals surface area contributed by atoms with Gasteiger partial charge in [0.15, 0.2) is 8.32 Å². The highest BCUT2D eigenvalue weighted by Gasteiger charge is 2.37. The van der Waals surface area contributed by atoms with E-state index >= 15 is 0 Å². The lowest BCUT2D eigenvalue weighted by molar-refractivity contribution is -0.0438. The predicted octanol–water partition coefficient (Wildman–Crippen LogP) is 2.68. The molecule has 1 rings (SSSR count). The molecule has 20 heavy (non-hydrogen) atoms. The molecule has 0 aromatic heterocycles. The Morgan fingerprint density at radius 2 is 1.90 bits per heavy atom. The third-order valence-electron chi connectivity index (χ3n) is 3.31. The Balaban J connectivity index is 2.67. The summed E-state index contributed by atoms with van der Waals surface area (Å²) in [5.74, 6) is 0.462. The average Bonchev–Trinajstić information content (AvgIpc) is 2.08. The van der Waals surface area contributed by atoms with Gasteiger partial charge in [-0.25, -0.2) is 8.93 Å². The van der Waals surface area contributed by atoms with E-state index in [1.807, 2.05) is 20.8 Å². The highest BCUT2D eigenvalue weighted by atomic mass is 32.2. The first kappa shape index (κ1) is 18.3. The molecule has 6 heteroatoms. The van der Waals surface area contributed by atoms with Crippen molar-refractivity contribution in [3.05, 3.63) is 0 Å². The second-order valence-electron chi connectivity index (χ2n) is 7.53. The summed E-state index contributed by atoms with van der Waals surface area (Å²) in [5, 5.41) is 0. The van der Waals surface area contributed by atoms with Crippen molar-refractivity contribution in [3.8, 4) is 0 Å². The van der Waals surface area contributed by atoms with Crippen LogP contribution in [-0.2, 0) is 20.1 Å². The molecule has 0 spiro atoms. The second kappa shape index (κ2) is 7.00. The first-order valence-corrected chi connectivity index (χ1v) is 11.7. The van der Waals surface area contributed by atoms with Crippen molar-refractivity contribution in [2.75, 3.05) is 13.2 Å². The average molecular weight is 322 g/mol. The van der Waals surface area contributed by atoms with Gasteiger partial charge in [-0.1, -0.05) is 0 Å². The summed E-state index contributed by atoms with van der Waals surface area (Å²) >= 11 is 0. The molecule has 0 radical (unpaired) electrons. The number of ether oxygens (including phenoxy) is 1. The molecular weight excluding hydrogens is 290 g/mol. The normalized spacial score (nSPS) is 20.8. The van der Waals surface area contributed by atoms with Crippen LogP contribution in [0.3, 0.4) is 0 Å². The highest BCUT2D eigenvalue weighted by Crippen LogP contribution is 2.26. The van der Waals surface area contributed by atoms with Crippen molar-refractivity contribution in [1.29, 1.82) is 0 Å². The van der Waals surface area contributed by atoms with Crippen LogP contribution >= 0.6 is 0 Å². The monoisotopic (exact) mass is 321 g/mol. The maximum absolute atomic E-state index is 12.4. The van der Waals surface area contributed by atoms with Gasteiger partial charge in [0.25, 0.3) is 0 Å². The summed E-state index contributed by atoms with van der Waals surface area (Å²) < 4.78 is 26.9. The van der Waals surface area contributed by atoms with Gasteiger partial charge in [-0.05, 0) is 53.8 Å². The van der Waals surface area contributed by atoms with E-state index in [0.717, 1.165) is 19.3 Å². The molecule has 0 aliphatic carbocycles. The van der Waals surface area contributed by atoms with Crippen LogP contribution in [0.1, 0.15) is 34.6 Å². The molecule has 120 valence electrons. The van der Waals surface area contributed by atoms with Crippen LogP contribution in [0.4, 0.5) is 0 Å². The smallest absolute Gasteiger partial charge is 0.188 e. The fourth-order valence-corrected chi connectivity index (χ4v) is 6.24. The molecule has 4 nitrogen and oxygen atoms in total. The second-order valence-corrected chi connectivity index (χ2v) is 13.7. The van der Waals surface area contributed by atoms with Crippen LogP contribution in [0, 0.1) is 5.92 Å². The summed E-state index contributed by atoms with van der Waals surface area (Å²) in [4.78, 5) is 0. The maximum atomic E-state index is 12.4. The molecule has 0 aromatic rings. The van der Waals surface area contributed by atoms with E-state index in [2.05, 4.69) is 31.7 Å². The van der Waals surface area contributed by atoms with Crippen LogP contribution in [0.5, 0.6) is 0 Å². The quantitative estimate of drug-likeness (QED) is 0.733. The van der Waals surface area contributed by atoms with E-state index in [0.29, 0.717) is 5.92 Å². The van der Waals surface area contributed by atoms with Crippen LogP contribution < -0.4 is 4.72 Å². The molecule has 0 amide bonds. The van der Waals surface area contributed by atoms with Gasteiger partial charge in [0.1, 0.15) is 0 Å². The Labute approximate surface area is 127 Å². The lowest BCUT2D eigenvalue weighted by atomic mass is 10.0. The largest absolute Gasteiger partial charge is 0.415 e. The predicted molar refractivity (Wildman–Crippen MR) is 87.6 cm³/mol. The standard InChI is InChI=1S/C14H31NO3SSi/c1-11(2)18-20(6,7)10-13(12-8-17-9-12)15-19(16)14(3,4)5/h11-13,15H,8-10H2,1-7H3. The number of hydrogen-bond acceptors (Lipinski definition) is 3. The lowest BCUT2D eigenvalue weighted by Crippen LogP contribution is -2.53. The van der Waals surface area contributed by atoms with Gasteiger partial charge in [0, 0.05) is 18.1 Å². The zero-order valence-corrected chi connectivity index (χ0v) is 15.8. The Kier molecular flexibility index (Phi) is 6.41. The lowest BCUT2D eigenvalue weighted by Gasteiger charge is -2.39. The summed E-state index contributed by atoms with van der Waals surface area (Å²) in [5.41, 5.74) is 0. The molecule has 1 saturated heterocycles. The van der Waals surface area contributed by atoms with Crippen molar-refractivity contribution in [2.45, 2.75) is 70.6 Å². The van der Waals surface area contributed by atoms with E-state index < -0.39 is 19.3 Å². The SMILES string of the molecule is CC(C)O[Si](C)(C)CC(NS(=O)C(C)(C)C)C1COC1. The Hall–Kier alpha value is 0.247. The van der Waals surface area contributed by atoms with Gasteiger partial charge in [0.2, 0.25) is 0 Å². The minimum absolute atomic E-state index is 0.226. The maximum Gasteiger partial charge on any atom is 0.188 e. The number of rotatable bonds is 7. The van der Waals surface area contributed by atoms with E-state index in [9.17, 15) is 4.21 Å². The summed E-state index contributed by atoms with van der Waals surface area (Å²) in [7, 11) is -2.80. The molecule has 1 fully saturated rings. The first-order chi connectivity index (χ1) is 9.01. The highest BCUT2D eigenvalue weighted by molar-refractivity contribution is 7.84. The van der Waals surface area contributed by atoms with Gasteiger partial charge in [-0.3, -0.25) is 0 Å². The van der Waals surface area contributed by atoms with Crippen LogP contribution in [0.15, 0.2) is 0 Å². The minimum atomic E-state index is -1.75. The van der Waals surface area contributed by atoms with E-state index in [1.165, 1.54) is 0 Å². The van der Waals surface area contributed by atoms with Crippen LogP contribution in [0.25, 0.3) is 0 Å². The van der Waals surface area contributed by atoms with Gasteiger partial charge in [-0.15, -0.1) is 0 Å². The Morgan fingerprint density at radius 1 is 1.35 bits per heavy atom. The molecule has 2 atom stereocenters. The molecule has 1 aliphatic rings. The van der Waals surface area contributed by atoms with Crippen molar-refractivity contribution in [2.24, 2.45) is 5.92 Å². The van der Waals surface area contributed by atoms with E-state index in [4.69, 9.17) is 9.16 Å². The number of nitrogens with one attached hydrogen (secondary N) is 1. The van der Waals surface area contributed by atoms with Crippen molar-refractivity contribution < 1.29 is 13.4 Å². The van der Waals surface area contributed by atoms with Crippen LogP contribution in [0.2, 0.25) is 19.1 Å². The first-order valence-electron chi connectivity index (χ1n) is 7.45. The fourth-order valence-electron chi connectivity index (χ4n) is 2.32. The van der Waals surface area contributed by atoms with Crippen molar-refractivity contribution in [1.82, 2.24) is 4.72 Å². The molecule has 0 bridgehead atoms. The van der Waals surface area contributed by atoms with Gasteiger partial charge in [0.05, 0.1) is 28.9 Å². The molecule has 0 aromatic carbocycles. The Bertz CT molecular complexity index is 338. The Morgan fingerprint density at radius 3 is 2.25 bits per heavy atom. The van der Waals surface area contributed by atoms with Crippen molar-refractivity contribution >= 4 is 19.3 Å². The summed E-state index contributed by atoms with van der Waals surface area (Å²) in [6.07, 6.45) is 0.253. The summed E-state index contributed by atoms with van der Waals surface area (Å²) in [6, 6.07) is 1.20. The van der Waals surface area contributed by atoms with Gasteiger partial charge in [-0.2, -0.15) is 0 Å². The van der Waals surface area contributed by atoms with Gasteiger partial charge < -0.3 is 9.16 Å². The third-order valence-corrected chi connectivity index (χ3v) is 7.48. The fraction of sp³-hybridized carbons (Fsp3) is 1.00.